The van der Waals surface area contributed by atoms with Gasteiger partial charge in [0.15, 0.2) is 0 Å². The first-order valence-corrected chi connectivity index (χ1v) is 10.6. The highest BCUT2D eigenvalue weighted by molar-refractivity contribution is 8.00. The van der Waals surface area contributed by atoms with E-state index in [-0.39, 0.29) is 48.2 Å². The number of benzene rings is 2. The Labute approximate surface area is 172 Å². The summed E-state index contributed by atoms with van der Waals surface area (Å²) in [7, 11) is 0. The second kappa shape index (κ2) is 12.2. The standard InChI is InChI=1S/C20H22O6S2/c21-15-3-7-17(8-4-15)27-13-19(23)25-11-1-2-12-26-20(24)14-28-18-9-5-16(22)6-10-18/h3-10,21-22H,1-2,11-14H2. The third-order valence-corrected chi connectivity index (χ3v) is 5.42. The van der Waals surface area contributed by atoms with E-state index in [1.165, 1.54) is 23.5 Å². The number of hydrogen-bond acceptors (Lipinski definition) is 8. The van der Waals surface area contributed by atoms with Gasteiger partial charge in [-0.25, -0.2) is 0 Å². The van der Waals surface area contributed by atoms with Gasteiger partial charge in [0.1, 0.15) is 11.5 Å². The molecule has 0 aliphatic carbocycles. The summed E-state index contributed by atoms with van der Waals surface area (Å²) in [4.78, 5) is 25.1. The lowest BCUT2D eigenvalue weighted by Gasteiger charge is -2.06. The van der Waals surface area contributed by atoms with Gasteiger partial charge in [0, 0.05) is 9.79 Å². The molecule has 0 amide bonds. The Morgan fingerprint density at radius 1 is 0.679 bits per heavy atom. The number of ether oxygens (including phenoxy) is 2. The van der Waals surface area contributed by atoms with Gasteiger partial charge in [0.2, 0.25) is 0 Å². The summed E-state index contributed by atoms with van der Waals surface area (Å²) in [6.07, 6.45) is 1.24. The monoisotopic (exact) mass is 422 g/mol. The molecule has 0 spiro atoms. The van der Waals surface area contributed by atoms with Gasteiger partial charge < -0.3 is 19.7 Å². The zero-order valence-electron chi connectivity index (χ0n) is 15.2. The number of carbonyl (C=O) groups excluding carboxylic acids is 2. The molecule has 0 bridgehead atoms. The molecule has 28 heavy (non-hydrogen) atoms. The summed E-state index contributed by atoms with van der Waals surface area (Å²) in [5.41, 5.74) is 0. The van der Waals surface area contributed by atoms with Crippen molar-refractivity contribution in [2.75, 3.05) is 24.7 Å². The molecule has 0 unspecified atom stereocenters. The lowest BCUT2D eigenvalue weighted by molar-refractivity contribution is -0.142. The van der Waals surface area contributed by atoms with Gasteiger partial charge in [-0.3, -0.25) is 9.59 Å². The molecule has 0 aliphatic heterocycles. The van der Waals surface area contributed by atoms with Crippen LogP contribution in [-0.4, -0.2) is 46.9 Å². The maximum absolute atomic E-state index is 11.7. The minimum absolute atomic E-state index is 0.187. The average Bonchev–Trinajstić information content (AvgIpc) is 2.69. The Hall–Kier alpha value is -2.32. The van der Waals surface area contributed by atoms with Gasteiger partial charge in [0.25, 0.3) is 0 Å². The highest BCUT2D eigenvalue weighted by Gasteiger charge is 2.06. The third kappa shape index (κ3) is 9.05. The van der Waals surface area contributed by atoms with Crippen LogP contribution in [-0.2, 0) is 19.1 Å². The molecule has 6 nitrogen and oxygen atoms in total. The van der Waals surface area contributed by atoms with Gasteiger partial charge >= 0.3 is 11.9 Å². The van der Waals surface area contributed by atoms with E-state index in [1.54, 1.807) is 48.5 Å². The minimum Gasteiger partial charge on any atom is -0.508 e. The van der Waals surface area contributed by atoms with Gasteiger partial charge in [0.05, 0.1) is 24.7 Å². The van der Waals surface area contributed by atoms with Crippen LogP contribution in [0.2, 0.25) is 0 Å². The number of phenols is 2. The first-order chi connectivity index (χ1) is 13.5. The fourth-order valence-corrected chi connectivity index (χ4v) is 3.42. The molecule has 8 heteroatoms. The first-order valence-electron chi connectivity index (χ1n) is 8.68. The van der Waals surface area contributed by atoms with Gasteiger partial charge in [-0.05, 0) is 61.4 Å². The van der Waals surface area contributed by atoms with E-state index in [2.05, 4.69) is 0 Å². The molecule has 0 heterocycles. The molecule has 0 saturated carbocycles. The van der Waals surface area contributed by atoms with Crippen LogP contribution in [0.3, 0.4) is 0 Å². The van der Waals surface area contributed by atoms with Crippen molar-refractivity contribution in [3.8, 4) is 11.5 Å². The fraction of sp³-hybridized carbons (Fsp3) is 0.300. The summed E-state index contributed by atoms with van der Waals surface area (Å²) in [6.45, 7) is 0.573. The lowest BCUT2D eigenvalue weighted by Crippen LogP contribution is -2.11. The van der Waals surface area contributed by atoms with Crippen LogP contribution in [0.5, 0.6) is 11.5 Å². The number of unbranched alkanes of at least 4 members (excludes halogenated alkanes) is 1. The highest BCUT2D eigenvalue weighted by Crippen LogP contribution is 2.21. The molecule has 0 aromatic heterocycles. The molecule has 2 aromatic rings. The summed E-state index contributed by atoms with van der Waals surface area (Å²) >= 11 is 2.69. The summed E-state index contributed by atoms with van der Waals surface area (Å²) in [5.74, 6) is 0.168. The number of esters is 2. The second-order valence-corrected chi connectivity index (χ2v) is 7.81. The van der Waals surface area contributed by atoms with Crippen LogP contribution in [0.1, 0.15) is 12.8 Å². The van der Waals surface area contributed by atoms with Crippen molar-refractivity contribution in [2.45, 2.75) is 22.6 Å². The average molecular weight is 423 g/mol. The second-order valence-electron chi connectivity index (χ2n) is 5.71. The normalized spacial score (nSPS) is 10.4. The van der Waals surface area contributed by atoms with E-state index < -0.39 is 0 Å². The number of rotatable bonds is 11. The van der Waals surface area contributed by atoms with Gasteiger partial charge in [-0.2, -0.15) is 0 Å². The molecule has 2 rings (SSSR count). The number of phenolic OH excluding ortho intramolecular Hbond substituents is 2. The molecular formula is C20H22O6S2. The van der Waals surface area contributed by atoms with Crippen LogP contribution in [0, 0.1) is 0 Å². The maximum atomic E-state index is 11.7. The van der Waals surface area contributed by atoms with E-state index in [0.29, 0.717) is 12.8 Å². The topological polar surface area (TPSA) is 93.1 Å². The van der Waals surface area contributed by atoms with Crippen molar-refractivity contribution in [3.05, 3.63) is 48.5 Å². The van der Waals surface area contributed by atoms with Crippen molar-refractivity contribution < 1.29 is 29.3 Å². The van der Waals surface area contributed by atoms with Crippen molar-refractivity contribution in [1.82, 2.24) is 0 Å². The largest absolute Gasteiger partial charge is 0.508 e. The van der Waals surface area contributed by atoms with Crippen molar-refractivity contribution in [2.24, 2.45) is 0 Å². The third-order valence-electron chi connectivity index (χ3n) is 3.45. The summed E-state index contributed by atoms with van der Waals surface area (Å²) in [6, 6.07) is 13.2. The van der Waals surface area contributed by atoms with E-state index in [1.807, 2.05) is 0 Å². The van der Waals surface area contributed by atoms with Crippen LogP contribution in [0.15, 0.2) is 58.3 Å². The summed E-state index contributed by atoms with van der Waals surface area (Å²) < 4.78 is 10.3. The van der Waals surface area contributed by atoms with Crippen LogP contribution in [0.4, 0.5) is 0 Å². The van der Waals surface area contributed by atoms with Crippen LogP contribution >= 0.6 is 23.5 Å². The Morgan fingerprint density at radius 2 is 1.04 bits per heavy atom. The van der Waals surface area contributed by atoms with E-state index in [0.717, 1.165) is 9.79 Å². The van der Waals surface area contributed by atoms with Gasteiger partial charge in [-0.15, -0.1) is 23.5 Å². The zero-order valence-corrected chi connectivity index (χ0v) is 16.8. The minimum atomic E-state index is -0.305. The molecule has 0 saturated heterocycles. The quantitative estimate of drug-likeness (QED) is 0.320. The lowest BCUT2D eigenvalue weighted by atomic mass is 10.3. The zero-order chi connectivity index (χ0) is 20.2. The number of hydrogen-bond donors (Lipinski definition) is 2. The predicted molar refractivity (Wildman–Crippen MR) is 109 cm³/mol. The number of carbonyl (C=O) groups is 2. The molecule has 2 N–H and O–H groups in total. The molecule has 0 radical (unpaired) electrons. The van der Waals surface area contributed by atoms with E-state index in [9.17, 15) is 19.8 Å². The van der Waals surface area contributed by atoms with Crippen LogP contribution < -0.4 is 0 Å². The predicted octanol–water partition coefficient (Wildman–Crippen LogP) is 3.85. The number of aromatic hydroxyl groups is 2. The SMILES string of the molecule is O=C(CSc1ccc(O)cc1)OCCCCOC(=O)CSc1ccc(O)cc1. The van der Waals surface area contributed by atoms with Crippen molar-refractivity contribution >= 4 is 35.5 Å². The smallest absolute Gasteiger partial charge is 0.316 e. The maximum Gasteiger partial charge on any atom is 0.316 e. The van der Waals surface area contributed by atoms with E-state index in [4.69, 9.17) is 9.47 Å². The van der Waals surface area contributed by atoms with Crippen LogP contribution in [0.25, 0.3) is 0 Å². The molecule has 0 aliphatic rings. The highest BCUT2D eigenvalue weighted by atomic mass is 32.2. The Bertz CT molecular complexity index is 681. The molecule has 0 atom stereocenters. The Kier molecular flexibility index (Phi) is 9.57. The summed E-state index contributed by atoms with van der Waals surface area (Å²) in [5, 5.41) is 18.4. The van der Waals surface area contributed by atoms with E-state index >= 15 is 0 Å². The molecule has 2 aromatic carbocycles. The van der Waals surface area contributed by atoms with Crippen molar-refractivity contribution in [3.63, 3.8) is 0 Å². The molecule has 150 valence electrons. The molecule has 0 fully saturated rings. The Balaban J connectivity index is 1.47. The Morgan fingerprint density at radius 3 is 1.39 bits per heavy atom. The fourth-order valence-electron chi connectivity index (χ4n) is 2.03. The first kappa shape index (κ1) is 22.0. The van der Waals surface area contributed by atoms with Gasteiger partial charge in [-0.1, -0.05) is 0 Å². The molecular weight excluding hydrogens is 400 g/mol. The van der Waals surface area contributed by atoms with Crippen molar-refractivity contribution in [1.29, 1.82) is 0 Å². The number of thioether (sulfide) groups is 2.